The summed E-state index contributed by atoms with van der Waals surface area (Å²) in [6.07, 6.45) is 6.26. The first-order valence-electron chi connectivity index (χ1n) is 8.64. The van der Waals surface area contributed by atoms with Gasteiger partial charge in [0.2, 0.25) is 0 Å². The minimum absolute atomic E-state index is 0.352. The normalized spacial score (nSPS) is 11.6. The molecule has 0 radical (unpaired) electrons. The molecule has 138 valence electrons. The van der Waals surface area contributed by atoms with Gasteiger partial charge in [-0.1, -0.05) is 36.4 Å². The molecule has 3 heterocycles. The average Bonchev–Trinajstić information content (AvgIpc) is 3.29. The van der Waals surface area contributed by atoms with Crippen molar-refractivity contribution in [3.05, 3.63) is 97.0 Å². The molecular weight excluding hydrogens is 354 g/mol. The molecule has 1 aromatic carbocycles. The first kappa shape index (κ1) is 17.3. The van der Waals surface area contributed by atoms with Crippen molar-refractivity contribution in [2.75, 3.05) is 5.32 Å². The Kier molecular flexibility index (Phi) is 5.01. The van der Waals surface area contributed by atoms with E-state index in [9.17, 15) is 4.79 Å². The number of rotatable bonds is 5. The summed E-state index contributed by atoms with van der Waals surface area (Å²) in [6, 6.07) is 18.1. The monoisotopic (exact) mass is 371 g/mol. The minimum Gasteiger partial charge on any atom is -0.325 e. The van der Waals surface area contributed by atoms with E-state index in [1.807, 2.05) is 48.5 Å². The van der Waals surface area contributed by atoms with Gasteiger partial charge in [0.15, 0.2) is 5.82 Å². The van der Waals surface area contributed by atoms with E-state index in [0.717, 1.165) is 11.3 Å². The van der Waals surface area contributed by atoms with Crippen LogP contribution < -0.4 is 10.6 Å². The molecule has 0 aliphatic rings. The molecule has 4 rings (SSSR count). The second kappa shape index (κ2) is 8.09. The Bertz CT molecular complexity index is 980. The molecule has 0 bridgehead atoms. The van der Waals surface area contributed by atoms with Crippen LogP contribution in [0.25, 0.3) is 5.82 Å². The van der Waals surface area contributed by atoms with E-state index in [4.69, 9.17) is 0 Å². The molecule has 0 spiro atoms. The number of hydrogen-bond donors (Lipinski definition) is 2. The molecule has 8 heteroatoms. The van der Waals surface area contributed by atoms with Crippen molar-refractivity contribution in [1.29, 1.82) is 0 Å². The molecule has 2 amide bonds. The number of pyridine rings is 2. The van der Waals surface area contributed by atoms with Gasteiger partial charge in [-0.2, -0.15) is 5.10 Å². The summed E-state index contributed by atoms with van der Waals surface area (Å²) in [6.45, 7) is 0. The molecule has 0 fully saturated rings. The lowest BCUT2D eigenvalue weighted by Gasteiger charge is -2.19. The zero-order valence-electron chi connectivity index (χ0n) is 14.8. The molecule has 28 heavy (non-hydrogen) atoms. The fourth-order valence-corrected chi connectivity index (χ4v) is 2.74. The quantitative estimate of drug-likeness (QED) is 0.562. The van der Waals surface area contributed by atoms with Gasteiger partial charge < -0.3 is 10.6 Å². The summed E-state index contributed by atoms with van der Waals surface area (Å²) in [7, 11) is 0. The van der Waals surface area contributed by atoms with Crippen LogP contribution in [0.15, 0.2) is 85.7 Å². The molecule has 8 nitrogen and oxygen atoms in total. The molecule has 0 saturated carbocycles. The van der Waals surface area contributed by atoms with Crippen molar-refractivity contribution < 1.29 is 4.79 Å². The van der Waals surface area contributed by atoms with Crippen molar-refractivity contribution in [2.45, 2.75) is 6.04 Å². The fraction of sp³-hybridized carbons (Fsp3) is 0.0500. The highest BCUT2D eigenvalue weighted by Gasteiger charge is 2.18. The van der Waals surface area contributed by atoms with Crippen LogP contribution >= 0.6 is 0 Å². The lowest BCUT2D eigenvalue weighted by atomic mass is 10.0. The number of carbonyl (C=O) groups is 1. The Labute approximate surface area is 161 Å². The van der Waals surface area contributed by atoms with E-state index < -0.39 is 0 Å². The second-order valence-electron chi connectivity index (χ2n) is 5.94. The summed E-state index contributed by atoms with van der Waals surface area (Å²) >= 11 is 0. The van der Waals surface area contributed by atoms with E-state index in [0.29, 0.717) is 11.5 Å². The number of amides is 2. The van der Waals surface area contributed by atoms with Crippen molar-refractivity contribution in [2.24, 2.45) is 0 Å². The maximum atomic E-state index is 12.6. The van der Waals surface area contributed by atoms with E-state index >= 15 is 0 Å². The standard InChI is InChI=1S/C20H17N7O/c28-20(25-16-9-10-18(23-12-16)27-14-21-13-24-27)26-19(15-6-2-1-3-7-15)17-8-4-5-11-22-17/h1-14,19H,(H2,25,26,28)/t19-/m0/s1. The van der Waals surface area contributed by atoms with Crippen LogP contribution in [0.1, 0.15) is 17.3 Å². The second-order valence-corrected chi connectivity index (χ2v) is 5.94. The third-order valence-corrected chi connectivity index (χ3v) is 4.05. The largest absolute Gasteiger partial charge is 0.325 e. The Hall–Kier alpha value is -4.07. The van der Waals surface area contributed by atoms with Gasteiger partial charge in [-0.3, -0.25) is 4.98 Å². The van der Waals surface area contributed by atoms with Gasteiger partial charge in [-0.25, -0.2) is 19.4 Å². The van der Waals surface area contributed by atoms with Crippen molar-refractivity contribution >= 4 is 11.7 Å². The number of hydrogen-bond acceptors (Lipinski definition) is 5. The Morgan fingerprint density at radius 3 is 2.50 bits per heavy atom. The molecule has 3 aromatic heterocycles. The van der Waals surface area contributed by atoms with Crippen LogP contribution in [0.5, 0.6) is 0 Å². The SMILES string of the molecule is O=C(Nc1ccc(-n2cncn2)nc1)N[C@@H](c1ccccc1)c1ccccn1. The first-order valence-corrected chi connectivity index (χ1v) is 8.64. The topological polar surface area (TPSA) is 97.6 Å². The van der Waals surface area contributed by atoms with Crippen LogP contribution in [-0.4, -0.2) is 30.8 Å². The predicted molar refractivity (Wildman–Crippen MR) is 104 cm³/mol. The molecule has 0 aliphatic carbocycles. The summed E-state index contributed by atoms with van der Waals surface area (Å²) in [5.41, 5.74) is 2.26. The lowest BCUT2D eigenvalue weighted by Crippen LogP contribution is -2.33. The van der Waals surface area contributed by atoms with Crippen LogP contribution in [0.4, 0.5) is 10.5 Å². The van der Waals surface area contributed by atoms with E-state index in [-0.39, 0.29) is 12.1 Å². The van der Waals surface area contributed by atoms with Crippen LogP contribution in [0, 0.1) is 0 Å². The van der Waals surface area contributed by atoms with E-state index in [1.54, 1.807) is 30.9 Å². The Morgan fingerprint density at radius 2 is 1.82 bits per heavy atom. The molecule has 1 atom stereocenters. The van der Waals surface area contributed by atoms with Gasteiger partial charge in [0.25, 0.3) is 0 Å². The first-order chi connectivity index (χ1) is 13.8. The van der Waals surface area contributed by atoms with Crippen molar-refractivity contribution in [3.8, 4) is 5.82 Å². The number of aromatic nitrogens is 5. The van der Waals surface area contributed by atoms with Crippen LogP contribution in [-0.2, 0) is 0 Å². The Balaban J connectivity index is 1.49. The summed E-state index contributed by atoms with van der Waals surface area (Å²) in [5, 5.41) is 9.79. The zero-order chi connectivity index (χ0) is 19.2. The van der Waals surface area contributed by atoms with Gasteiger partial charge in [0, 0.05) is 6.20 Å². The number of carbonyl (C=O) groups excluding carboxylic acids is 1. The number of urea groups is 1. The molecule has 0 unspecified atom stereocenters. The number of anilines is 1. The number of nitrogens with zero attached hydrogens (tertiary/aromatic N) is 5. The van der Waals surface area contributed by atoms with Crippen LogP contribution in [0.2, 0.25) is 0 Å². The van der Waals surface area contributed by atoms with Crippen molar-refractivity contribution in [1.82, 2.24) is 30.0 Å². The molecular formula is C20H17N7O. The van der Waals surface area contributed by atoms with Gasteiger partial charge in [-0.15, -0.1) is 0 Å². The smallest absolute Gasteiger partial charge is 0.320 e. The molecule has 2 N–H and O–H groups in total. The maximum Gasteiger partial charge on any atom is 0.320 e. The summed E-state index contributed by atoms with van der Waals surface area (Å²) in [4.78, 5) is 25.1. The van der Waals surface area contributed by atoms with Gasteiger partial charge in [0.1, 0.15) is 12.7 Å². The third-order valence-electron chi connectivity index (χ3n) is 4.05. The minimum atomic E-state index is -0.371. The van der Waals surface area contributed by atoms with Crippen LogP contribution in [0.3, 0.4) is 0 Å². The van der Waals surface area contributed by atoms with Gasteiger partial charge >= 0.3 is 6.03 Å². The predicted octanol–water partition coefficient (Wildman–Crippen LogP) is 2.97. The molecule has 0 saturated heterocycles. The highest BCUT2D eigenvalue weighted by molar-refractivity contribution is 5.89. The van der Waals surface area contributed by atoms with Gasteiger partial charge in [0.05, 0.1) is 23.6 Å². The number of nitrogens with one attached hydrogen (secondary N) is 2. The summed E-state index contributed by atoms with van der Waals surface area (Å²) < 4.78 is 1.54. The average molecular weight is 371 g/mol. The maximum absolute atomic E-state index is 12.6. The zero-order valence-corrected chi connectivity index (χ0v) is 14.8. The molecule has 0 aliphatic heterocycles. The Morgan fingerprint density at radius 1 is 0.964 bits per heavy atom. The van der Waals surface area contributed by atoms with E-state index in [2.05, 4.69) is 30.7 Å². The highest BCUT2D eigenvalue weighted by atomic mass is 16.2. The molecule has 4 aromatic rings. The number of benzene rings is 1. The van der Waals surface area contributed by atoms with Crippen molar-refractivity contribution in [3.63, 3.8) is 0 Å². The third kappa shape index (κ3) is 4.01. The highest BCUT2D eigenvalue weighted by Crippen LogP contribution is 2.20. The lowest BCUT2D eigenvalue weighted by molar-refractivity contribution is 0.250. The fourth-order valence-electron chi connectivity index (χ4n) is 2.74. The van der Waals surface area contributed by atoms with E-state index in [1.165, 1.54) is 11.0 Å². The van der Waals surface area contributed by atoms with Gasteiger partial charge in [-0.05, 0) is 29.8 Å². The summed E-state index contributed by atoms with van der Waals surface area (Å²) in [5.74, 6) is 0.610.